The molecule has 0 aliphatic heterocycles. The first-order valence-electron chi connectivity index (χ1n) is 11.2. The second-order valence-electron chi connectivity index (χ2n) is 7.78. The quantitative estimate of drug-likeness (QED) is 0.398. The zero-order valence-corrected chi connectivity index (χ0v) is 20.8. The molecule has 0 unspecified atom stereocenters. The highest BCUT2D eigenvalue weighted by atomic mass is 35.5. The van der Waals surface area contributed by atoms with Crippen LogP contribution in [0.3, 0.4) is 0 Å². The number of benzene rings is 2. The van der Waals surface area contributed by atoms with Crippen molar-refractivity contribution < 1.29 is 9.59 Å². The van der Waals surface area contributed by atoms with E-state index < -0.39 is 5.91 Å². The summed E-state index contributed by atoms with van der Waals surface area (Å²) in [6, 6.07) is 15.6. The molecule has 0 saturated carbocycles. The third kappa shape index (κ3) is 6.14. The molecule has 3 rings (SSSR count). The molecule has 2 amide bonds. The SMILES string of the molecule is CCN(CC)CCCN(C(=O)c1ccc(C(N)=O)c(Cl)c1)c1ccc(Cl)c(-c2ccccn2)c1. The average Bonchev–Trinajstić information content (AvgIpc) is 2.84. The summed E-state index contributed by atoms with van der Waals surface area (Å²) in [6.07, 6.45) is 2.48. The molecule has 178 valence electrons. The van der Waals surface area contributed by atoms with Gasteiger partial charge in [-0.3, -0.25) is 14.6 Å². The fraction of sp³-hybridized carbons (Fsp3) is 0.269. The van der Waals surface area contributed by atoms with Gasteiger partial charge < -0.3 is 15.5 Å². The zero-order valence-electron chi connectivity index (χ0n) is 19.3. The summed E-state index contributed by atoms with van der Waals surface area (Å²) in [7, 11) is 0. The lowest BCUT2D eigenvalue weighted by atomic mass is 10.1. The normalized spacial score (nSPS) is 11.0. The maximum atomic E-state index is 13.6. The molecule has 3 aromatic rings. The average molecular weight is 499 g/mol. The van der Waals surface area contributed by atoms with Crippen LogP contribution < -0.4 is 10.6 Å². The number of primary amides is 1. The van der Waals surface area contributed by atoms with Gasteiger partial charge in [0.2, 0.25) is 5.91 Å². The molecule has 0 atom stereocenters. The molecular weight excluding hydrogens is 471 g/mol. The van der Waals surface area contributed by atoms with E-state index in [1.807, 2.05) is 30.3 Å². The van der Waals surface area contributed by atoms with Crippen LogP contribution in [0.15, 0.2) is 60.8 Å². The molecule has 0 aliphatic carbocycles. The summed E-state index contributed by atoms with van der Waals surface area (Å²) in [5.74, 6) is -0.871. The van der Waals surface area contributed by atoms with Crippen molar-refractivity contribution in [3.8, 4) is 11.3 Å². The third-order valence-corrected chi connectivity index (χ3v) is 6.32. The van der Waals surface area contributed by atoms with Crippen molar-refractivity contribution in [3.63, 3.8) is 0 Å². The van der Waals surface area contributed by atoms with Crippen LogP contribution in [-0.4, -0.2) is 47.9 Å². The molecule has 34 heavy (non-hydrogen) atoms. The number of pyridine rings is 1. The molecule has 0 spiro atoms. The van der Waals surface area contributed by atoms with Crippen molar-refractivity contribution in [2.24, 2.45) is 5.73 Å². The van der Waals surface area contributed by atoms with Gasteiger partial charge in [0.15, 0.2) is 0 Å². The van der Waals surface area contributed by atoms with Crippen molar-refractivity contribution >= 4 is 40.7 Å². The summed E-state index contributed by atoms with van der Waals surface area (Å²) in [4.78, 5) is 33.6. The van der Waals surface area contributed by atoms with Crippen LogP contribution in [-0.2, 0) is 0 Å². The number of carbonyl (C=O) groups is 2. The fourth-order valence-electron chi connectivity index (χ4n) is 3.74. The van der Waals surface area contributed by atoms with E-state index in [2.05, 4.69) is 23.7 Å². The lowest BCUT2D eigenvalue weighted by molar-refractivity contribution is 0.0979. The Morgan fingerprint density at radius 1 is 0.941 bits per heavy atom. The molecule has 6 nitrogen and oxygen atoms in total. The predicted octanol–water partition coefficient (Wildman–Crippen LogP) is 5.53. The lowest BCUT2D eigenvalue weighted by Gasteiger charge is -2.26. The summed E-state index contributed by atoms with van der Waals surface area (Å²) in [6.45, 7) is 7.48. The Balaban J connectivity index is 1.98. The molecule has 0 fully saturated rings. The van der Waals surface area contributed by atoms with Crippen LogP contribution in [0.1, 0.15) is 41.0 Å². The van der Waals surface area contributed by atoms with Gasteiger partial charge in [-0.2, -0.15) is 0 Å². The van der Waals surface area contributed by atoms with Crippen molar-refractivity contribution in [2.45, 2.75) is 20.3 Å². The first-order valence-corrected chi connectivity index (χ1v) is 12.0. The number of aromatic nitrogens is 1. The number of hydrogen-bond acceptors (Lipinski definition) is 4. The first kappa shape index (κ1) is 25.7. The molecular formula is C26H28Cl2N4O2. The summed E-state index contributed by atoms with van der Waals surface area (Å²) < 4.78 is 0. The molecule has 0 bridgehead atoms. The van der Waals surface area contributed by atoms with E-state index in [9.17, 15) is 9.59 Å². The minimum atomic E-state index is -0.641. The summed E-state index contributed by atoms with van der Waals surface area (Å²) in [5, 5.41) is 0.693. The van der Waals surface area contributed by atoms with Gasteiger partial charge in [-0.1, -0.05) is 43.1 Å². The third-order valence-electron chi connectivity index (χ3n) is 5.68. The first-order chi connectivity index (χ1) is 16.3. The number of amides is 2. The smallest absolute Gasteiger partial charge is 0.258 e. The highest BCUT2D eigenvalue weighted by Gasteiger charge is 2.21. The van der Waals surface area contributed by atoms with E-state index in [0.29, 0.717) is 22.8 Å². The molecule has 8 heteroatoms. The Morgan fingerprint density at radius 3 is 2.32 bits per heavy atom. The van der Waals surface area contributed by atoms with Crippen molar-refractivity contribution in [1.29, 1.82) is 0 Å². The number of halogens is 2. The van der Waals surface area contributed by atoms with Crippen molar-refractivity contribution in [2.75, 3.05) is 31.1 Å². The lowest BCUT2D eigenvalue weighted by Crippen LogP contribution is -2.34. The topological polar surface area (TPSA) is 79.5 Å². The standard InChI is InChI=1S/C26H28Cl2N4O2/c1-3-31(4-2)14-7-15-32(26(34)18-9-11-20(25(29)33)23(28)16-18)19-10-12-22(27)21(17-19)24-8-5-6-13-30-24/h5-6,8-13,16-17H,3-4,7,14-15H2,1-2H3,(H2,29,33). The van der Waals surface area contributed by atoms with Crippen LogP contribution in [0.2, 0.25) is 10.0 Å². The molecule has 1 aromatic heterocycles. The van der Waals surface area contributed by atoms with E-state index >= 15 is 0 Å². The molecule has 2 N–H and O–H groups in total. The number of carbonyl (C=O) groups excluding carboxylic acids is 2. The van der Waals surface area contributed by atoms with Gasteiger partial charge in [0.25, 0.3) is 5.91 Å². The minimum absolute atomic E-state index is 0.145. The van der Waals surface area contributed by atoms with E-state index in [1.54, 1.807) is 23.2 Å². The summed E-state index contributed by atoms with van der Waals surface area (Å²) >= 11 is 12.7. The van der Waals surface area contributed by atoms with Crippen LogP contribution in [0.5, 0.6) is 0 Å². The zero-order chi connectivity index (χ0) is 24.7. The van der Waals surface area contributed by atoms with Gasteiger partial charge >= 0.3 is 0 Å². The van der Waals surface area contributed by atoms with Crippen LogP contribution in [0.4, 0.5) is 5.69 Å². The Bertz CT molecular complexity index is 1150. The van der Waals surface area contributed by atoms with Crippen LogP contribution in [0, 0.1) is 0 Å². The molecule has 0 radical (unpaired) electrons. The monoisotopic (exact) mass is 498 g/mol. The van der Waals surface area contributed by atoms with Crippen LogP contribution >= 0.6 is 23.2 Å². The summed E-state index contributed by atoms with van der Waals surface area (Å²) in [5.41, 5.74) is 8.06. The van der Waals surface area contributed by atoms with Gasteiger partial charge in [-0.25, -0.2) is 0 Å². The van der Waals surface area contributed by atoms with E-state index in [0.717, 1.165) is 37.3 Å². The van der Waals surface area contributed by atoms with E-state index in [4.69, 9.17) is 28.9 Å². The number of nitrogens with zero attached hydrogens (tertiary/aromatic N) is 3. The van der Waals surface area contributed by atoms with Gasteiger partial charge in [0.05, 0.1) is 21.3 Å². The molecule has 1 heterocycles. The molecule has 0 saturated heterocycles. The van der Waals surface area contributed by atoms with Gasteiger partial charge in [-0.15, -0.1) is 0 Å². The Labute approximate surface area is 210 Å². The number of rotatable bonds is 10. The second kappa shape index (κ2) is 12.0. The fourth-order valence-corrected chi connectivity index (χ4v) is 4.23. The predicted molar refractivity (Wildman–Crippen MR) is 139 cm³/mol. The highest BCUT2D eigenvalue weighted by molar-refractivity contribution is 6.34. The largest absolute Gasteiger partial charge is 0.366 e. The van der Waals surface area contributed by atoms with Gasteiger partial charge in [-0.05, 0) is 74.6 Å². The van der Waals surface area contributed by atoms with Crippen LogP contribution in [0.25, 0.3) is 11.3 Å². The maximum Gasteiger partial charge on any atom is 0.258 e. The Morgan fingerprint density at radius 2 is 1.71 bits per heavy atom. The minimum Gasteiger partial charge on any atom is -0.366 e. The number of hydrogen-bond donors (Lipinski definition) is 1. The molecule has 0 aliphatic rings. The highest BCUT2D eigenvalue weighted by Crippen LogP contribution is 2.32. The number of anilines is 1. The maximum absolute atomic E-state index is 13.6. The van der Waals surface area contributed by atoms with Gasteiger partial charge in [0, 0.05) is 29.6 Å². The Kier molecular flexibility index (Phi) is 9.05. The van der Waals surface area contributed by atoms with Crippen molar-refractivity contribution in [1.82, 2.24) is 9.88 Å². The van der Waals surface area contributed by atoms with Crippen molar-refractivity contribution in [3.05, 3.63) is 82.0 Å². The molecule has 2 aromatic carbocycles. The van der Waals surface area contributed by atoms with Gasteiger partial charge in [0.1, 0.15) is 0 Å². The van der Waals surface area contributed by atoms with E-state index in [1.165, 1.54) is 12.1 Å². The van der Waals surface area contributed by atoms with E-state index in [-0.39, 0.29) is 16.5 Å². The number of nitrogens with two attached hydrogens (primary N) is 1. The second-order valence-corrected chi connectivity index (χ2v) is 8.59. The Hall–Kier alpha value is -2.93.